The number of urea groups is 1. The summed E-state index contributed by atoms with van der Waals surface area (Å²) in [4.78, 5) is 34.0. The van der Waals surface area contributed by atoms with E-state index in [0.717, 1.165) is 18.8 Å². The van der Waals surface area contributed by atoms with Gasteiger partial charge < -0.3 is 9.80 Å². The summed E-state index contributed by atoms with van der Waals surface area (Å²) in [6, 6.07) is 5.98. The lowest BCUT2D eigenvalue weighted by molar-refractivity contribution is -0.139. The first kappa shape index (κ1) is 20.2. The standard InChI is InChI=1S/C22H33N5O2/c1-13(2)10-27-20(28)18-19(24(6)22(27)29)23-21-25(11-14(3)12-26(18)21)17-8-7-15(4)16(5)9-17/h7-9,13-14,18-19,21,23H,10-12H2,1-6H3. The molecule has 3 aliphatic rings. The number of fused-ring (bicyclic) bond motifs is 3. The lowest BCUT2D eigenvalue weighted by Crippen LogP contribution is -2.67. The van der Waals surface area contributed by atoms with Gasteiger partial charge in [-0.15, -0.1) is 0 Å². The van der Waals surface area contributed by atoms with Crippen molar-refractivity contribution in [3.05, 3.63) is 29.3 Å². The second-order valence-electron chi connectivity index (χ2n) is 9.39. The maximum atomic E-state index is 13.4. The molecule has 3 saturated heterocycles. The Morgan fingerprint density at radius 2 is 1.86 bits per heavy atom. The largest absolute Gasteiger partial charge is 0.343 e. The fourth-order valence-corrected chi connectivity index (χ4v) is 4.86. The first-order valence-electron chi connectivity index (χ1n) is 10.6. The number of carbonyl (C=O) groups excluding carboxylic acids is 2. The lowest BCUT2D eigenvalue weighted by atomic mass is 10.0. The topological polar surface area (TPSA) is 59.1 Å². The Hall–Kier alpha value is -2.12. The van der Waals surface area contributed by atoms with E-state index in [1.165, 1.54) is 16.0 Å². The minimum atomic E-state index is -0.349. The summed E-state index contributed by atoms with van der Waals surface area (Å²) in [5, 5.41) is 3.59. The third-order valence-electron chi connectivity index (χ3n) is 6.46. The quantitative estimate of drug-likeness (QED) is 0.844. The molecule has 29 heavy (non-hydrogen) atoms. The van der Waals surface area contributed by atoms with Crippen LogP contribution in [0.2, 0.25) is 0 Å². The average molecular weight is 400 g/mol. The van der Waals surface area contributed by atoms with E-state index < -0.39 is 0 Å². The minimum absolute atomic E-state index is 0.0732. The van der Waals surface area contributed by atoms with Gasteiger partial charge in [0.05, 0.1) is 0 Å². The van der Waals surface area contributed by atoms with Crippen molar-refractivity contribution in [3.8, 4) is 0 Å². The number of likely N-dealkylation sites (N-methyl/N-ethyl adjacent to an activating group) is 1. The molecule has 3 aliphatic heterocycles. The van der Waals surface area contributed by atoms with E-state index in [2.05, 4.69) is 54.1 Å². The molecule has 0 saturated carbocycles. The Morgan fingerprint density at radius 1 is 1.14 bits per heavy atom. The fraction of sp³-hybridized carbons (Fsp3) is 0.636. The van der Waals surface area contributed by atoms with Crippen molar-refractivity contribution in [2.75, 3.05) is 31.6 Å². The van der Waals surface area contributed by atoms with Crippen molar-refractivity contribution in [1.82, 2.24) is 20.0 Å². The Balaban J connectivity index is 1.68. The van der Waals surface area contributed by atoms with E-state index in [-0.39, 0.29) is 36.4 Å². The molecule has 3 amide bonds. The van der Waals surface area contributed by atoms with Gasteiger partial charge in [0.15, 0.2) is 0 Å². The number of nitrogens with one attached hydrogen (secondary N) is 1. The van der Waals surface area contributed by atoms with Crippen LogP contribution < -0.4 is 10.2 Å². The van der Waals surface area contributed by atoms with E-state index in [0.29, 0.717) is 12.5 Å². The molecule has 7 nitrogen and oxygen atoms in total. The van der Waals surface area contributed by atoms with Crippen LogP contribution in [-0.2, 0) is 4.79 Å². The van der Waals surface area contributed by atoms with Crippen LogP contribution in [0.15, 0.2) is 18.2 Å². The molecule has 1 N–H and O–H groups in total. The molecule has 0 aromatic heterocycles. The molecule has 4 rings (SSSR count). The predicted molar refractivity (Wildman–Crippen MR) is 113 cm³/mol. The van der Waals surface area contributed by atoms with Crippen LogP contribution in [0.4, 0.5) is 10.5 Å². The van der Waals surface area contributed by atoms with Gasteiger partial charge in [-0.05, 0) is 48.9 Å². The molecular weight excluding hydrogens is 366 g/mol. The highest BCUT2D eigenvalue weighted by molar-refractivity contribution is 6.00. The maximum absolute atomic E-state index is 13.4. The Kier molecular flexibility index (Phi) is 5.07. The van der Waals surface area contributed by atoms with Crippen molar-refractivity contribution >= 4 is 17.6 Å². The van der Waals surface area contributed by atoms with E-state index in [1.807, 2.05) is 13.8 Å². The number of hydrogen-bond donors (Lipinski definition) is 1. The van der Waals surface area contributed by atoms with Crippen LogP contribution in [0, 0.1) is 25.7 Å². The number of aryl methyl sites for hydroxylation is 2. The molecule has 0 bridgehead atoms. The molecule has 3 fully saturated rings. The van der Waals surface area contributed by atoms with Gasteiger partial charge in [0.2, 0.25) is 0 Å². The second kappa shape index (κ2) is 7.29. The number of imide groups is 1. The van der Waals surface area contributed by atoms with Crippen molar-refractivity contribution in [2.24, 2.45) is 11.8 Å². The number of nitrogens with zero attached hydrogens (tertiary/aromatic N) is 4. The van der Waals surface area contributed by atoms with E-state index >= 15 is 0 Å². The SMILES string of the molecule is Cc1ccc(N2CC(C)CN3C4C(=O)N(CC(C)C)C(=O)N(C)C4NC23)cc1C. The zero-order chi connectivity index (χ0) is 21.0. The van der Waals surface area contributed by atoms with Gasteiger partial charge in [-0.25, -0.2) is 4.79 Å². The van der Waals surface area contributed by atoms with Gasteiger partial charge in [-0.2, -0.15) is 0 Å². The number of rotatable bonds is 3. The molecule has 4 atom stereocenters. The second-order valence-corrected chi connectivity index (χ2v) is 9.39. The van der Waals surface area contributed by atoms with E-state index in [4.69, 9.17) is 0 Å². The van der Waals surface area contributed by atoms with Gasteiger partial charge >= 0.3 is 6.03 Å². The number of amides is 3. The summed E-state index contributed by atoms with van der Waals surface area (Å²) in [6.45, 7) is 12.8. The fourth-order valence-electron chi connectivity index (χ4n) is 4.86. The zero-order valence-electron chi connectivity index (χ0n) is 18.3. The molecule has 3 heterocycles. The molecule has 0 spiro atoms. The number of carbonyl (C=O) groups is 2. The number of anilines is 1. The molecule has 0 radical (unpaired) electrons. The maximum Gasteiger partial charge on any atom is 0.327 e. The molecule has 0 aliphatic carbocycles. The summed E-state index contributed by atoms with van der Waals surface area (Å²) < 4.78 is 0. The van der Waals surface area contributed by atoms with E-state index in [1.54, 1.807) is 11.9 Å². The van der Waals surface area contributed by atoms with Crippen LogP contribution in [0.3, 0.4) is 0 Å². The number of hydrogen-bond acceptors (Lipinski definition) is 5. The third kappa shape index (κ3) is 3.30. The highest BCUT2D eigenvalue weighted by Gasteiger charge is 2.56. The zero-order valence-corrected chi connectivity index (χ0v) is 18.3. The molecular formula is C22H33N5O2. The average Bonchev–Trinajstić information content (AvgIpc) is 3.04. The molecule has 4 unspecified atom stereocenters. The van der Waals surface area contributed by atoms with Crippen LogP contribution >= 0.6 is 0 Å². The van der Waals surface area contributed by atoms with Crippen molar-refractivity contribution in [1.29, 1.82) is 0 Å². The summed E-state index contributed by atoms with van der Waals surface area (Å²) in [6.07, 6.45) is -0.399. The van der Waals surface area contributed by atoms with Crippen molar-refractivity contribution < 1.29 is 9.59 Å². The molecule has 1 aromatic carbocycles. The predicted octanol–water partition coefficient (Wildman–Crippen LogP) is 2.19. The molecule has 1 aromatic rings. The third-order valence-corrected chi connectivity index (χ3v) is 6.46. The van der Waals surface area contributed by atoms with Crippen LogP contribution in [0.1, 0.15) is 31.9 Å². The Morgan fingerprint density at radius 3 is 2.52 bits per heavy atom. The highest BCUT2D eigenvalue weighted by atomic mass is 16.2. The summed E-state index contributed by atoms with van der Waals surface area (Å²) in [5.74, 6) is 0.587. The van der Waals surface area contributed by atoms with Crippen LogP contribution in [0.5, 0.6) is 0 Å². The van der Waals surface area contributed by atoms with E-state index in [9.17, 15) is 9.59 Å². The smallest absolute Gasteiger partial charge is 0.327 e. The normalized spacial score (nSPS) is 30.2. The monoisotopic (exact) mass is 399 g/mol. The first-order chi connectivity index (χ1) is 13.7. The van der Waals surface area contributed by atoms with Crippen LogP contribution in [-0.4, -0.2) is 71.8 Å². The molecule has 7 heteroatoms. The minimum Gasteiger partial charge on any atom is -0.343 e. The number of benzene rings is 1. The lowest BCUT2D eigenvalue weighted by Gasteiger charge is -2.46. The Labute approximate surface area is 173 Å². The van der Waals surface area contributed by atoms with Crippen LogP contribution in [0.25, 0.3) is 0 Å². The first-order valence-corrected chi connectivity index (χ1v) is 10.6. The highest BCUT2D eigenvalue weighted by Crippen LogP contribution is 2.35. The Bertz CT molecular complexity index is 825. The van der Waals surface area contributed by atoms with Gasteiger partial charge in [0, 0.05) is 32.4 Å². The van der Waals surface area contributed by atoms with Gasteiger partial charge in [-0.3, -0.25) is 19.9 Å². The van der Waals surface area contributed by atoms with Gasteiger partial charge in [0.1, 0.15) is 18.5 Å². The summed E-state index contributed by atoms with van der Waals surface area (Å²) in [7, 11) is 1.80. The summed E-state index contributed by atoms with van der Waals surface area (Å²) in [5.41, 5.74) is 3.68. The van der Waals surface area contributed by atoms with Gasteiger partial charge in [0.25, 0.3) is 5.91 Å². The van der Waals surface area contributed by atoms with Crippen molar-refractivity contribution in [3.63, 3.8) is 0 Å². The molecule has 158 valence electrons. The van der Waals surface area contributed by atoms with Gasteiger partial charge in [-0.1, -0.05) is 26.8 Å². The summed E-state index contributed by atoms with van der Waals surface area (Å²) >= 11 is 0. The van der Waals surface area contributed by atoms with Crippen molar-refractivity contribution in [2.45, 2.75) is 53.1 Å².